The number of hydrazone groups is 1. The van der Waals surface area contributed by atoms with E-state index >= 15 is 0 Å². The number of alkyl halides is 2. The lowest BCUT2D eigenvalue weighted by Crippen LogP contribution is -2.28. The fourth-order valence-electron chi connectivity index (χ4n) is 1.04. The smallest absolute Gasteiger partial charge is 0.387 e. The summed E-state index contributed by atoms with van der Waals surface area (Å²) in [4.78, 5) is 0. The molecule has 8 heteroatoms. The number of nitrogens with one attached hydrogen (secondary N) is 2. The molecule has 1 aromatic rings. The largest absolute Gasteiger partial charge is 0.434 e. The Morgan fingerprint density at radius 3 is 2.89 bits per heavy atom. The van der Waals surface area contributed by atoms with Crippen LogP contribution < -0.4 is 15.5 Å². The molecule has 0 saturated heterocycles. The molecule has 0 radical (unpaired) electrons. The molecule has 0 amide bonds. The lowest BCUT2D eigenvalue weighted by atomic mass is 10.2. The molecular formula is C10H10BrF2N3OS. The fourth-order valence-corrected chi connectivity index (χ4v) is 1.47. The van der Waals surface area contributed by atoms with Gasteiger partial charge in [0.2, 0.25) is 0 Å². The molecule has 2 N–H and O–H groups in total. The highest BCUT2D eigenvalue weighted by atomic mass is 79.9. The molecule has 1 aromatic carbocycles. The van der Waals surface area contributed by atoms with Crippen LogP contribution in [0.3, 0.4) is 0 Å². The van der Waals surface area contributed by atoms with Gasteiger partial charge < -0.3 is 10.1 Å². The van der Waals surface area contributed by atoms with Crippen molar-refractivity contribution in [1.29, 1.82) is 0 Å². The van der Waals surface area contributed by atoms with Gasteiger partial charge in [-0.05, 0) is 30.4 Å². The van der Waals surface area contributed by atoms with Crippen LogP contribution in [0.1, 0.15) is 5.56 Å². The minimum Gasteiger partial charge on any atom is -0.434 e. The first-order chi connectivity index (χ1) is 8.52. The molecule has 18 heavy (non-hydrogen) atoms. The van der Waals surface area contributed by atoms with Crippen LogP contribution in [0.4, 0.5) is 8.78 Å². The Balaban J connectivity index is 2.84. The van der Waals surface area contributed by atoms with Crippen molar-refractivity contribution in [1.82, 2.24) is 10.7 Å². The molecule has 1 rings (SSSR count). The molecule has 0 fully saturated rings. The Morgan fingerprint density at radius 1 is 1.56 bits per heavy atom. The Bertz CT molecular complexity index is 457. The molecule has 0 heterocycles. The lowest BCUT2D eigenvalue weighted by Gasteiger charge is -2.08. The van der Waals surface area contributed by atoms with E-state index in [1.807, 2.05) is 0 Å². The molecular weight excluding hydrogens is 328 g/mol. The second-order valence-electron chi connectivity index (χ2n) is 3.01. The molecule has 0 saturated carbocycles. The molecule has 0 aliphatic rings. The van der Waals surface area contributed by atoms with Crippen LogP contribution in [0.2, 0.25) is 0 Å². The predicted molar refractivity (Wildman–Crippen MR) is 73.2 cm³/mol. The van der Waals surface area contributed by atoms with Crippen molar-refractivity contribution in [3.05, 3.63) is 28.2 Å². The number of hydrogen-bond acceptors (Lipinski definition) is 3. The number of nitrogens with zero attached hydrogens (tertiary/aromatic N) is 1. The van der Waals surface area contributed by atoms with Crippen molar-refractivity contribution in [2.75, 3.05) is 7.05 Å². The van der Waals surface area contributed by atoms with Crippen LogP contribution in [-0.2, 0) is 0 Å². The molecule has 0 unspecified atom stereocenters. The van der Waals surface area contributed by atoms with Gasteiger partial charge in [0.1, 0.15) is 5.75 Å². The number of hydrogen-bond donors (Lipinski definition) is 2. The maximum atomic E-state index is 12.2. The van der Waals surface area contributed by atoms with Gasteiger partial charge in [0.15, 0.2) is 5.11 Å². The molecule has 0 aliphatic heterocycles. The number of benzene rings is 1. The average molecular weight is 338 g/mol. The zero-order valence-electron chi connectivity index (χ0n) is 9.28. The Morgan fingerprint density at radius 2 is 2.28 bits per heavy atom. The van der Waals surface area contributed by atoms with Crippen LogP contribution in [0.15, 0.2) is 27.8 Å². The normalized spacial score (nSPS) is 10.7. The first-order valence-electron chi connectivity index (χ1n) is 4.78. The fraction of sp³-hybridized carbons (Fsp3) is 0.200. The minimum absolute atomic E-state index is 0.0362. The van der Waals surface area contributed by atoms with Crippen LogP contribution in [-0.4, -0.2) is 25.0 Å². The summed E-state index contributed by atoms with van der Waals surface area (Å²) in [5.74, 6) is 0.0362. The van der Waals surface area contributed by atoms with Crippen LogP contribution in [0.5, 0.6) is 5.75 Å². The highest BCUT2D eigenvalue weighted by Gasteiger charge is 2.08. The number of halogens is 3. The van der Waals surface area contributed by atoms with E-state index in [9.17, 15) is 8.78 Å². The summed E-state index contributed by atoms with van der Waals surface area (Å²) in [7, 11) is 1.63. The molecule has 4 nitrogen and oxygen atoms in total. The third-order valence-electron chi connectivity index (χ3n) is 1.78. The van der Waals surface area contributed by atoms with Crippen molar-refractivity contribution in [2.45, 2.75) is 6.61 Å². The van der Waals surface area contributed by atoms with Gasteiger partial charge >= 0.3 is 6.61 Å². The maximum Gasteiger partial charge on any atom is 0.387 e. The highest BCUT2D eigenvalue weighted by molar-refractivity contribution is 9.10. The summed E-state index contributed by atoms with van der Waals surface area (Å²) in [6.45, 7) is -2.88. The van der Waals surface area contributed by atoms with E-state index in [-0.39, 0.29) is 5.75 Å². The van der Waals surface area contributed by atoms with Gasteiger partial charge in [-0.1, -0.05) is 15.9 Å². The van der Waals surface area contributed by atoms with E-state index in [0.717, 1.165) is 4.47 Å². The SMILES string of the molecule is CNC(=S)N/N=C\c1cc(Br)ccc1OC(F)F. The van der Waals surface area contributed by atoms with E-state index in [2.05, 4.69) is 36.5 Å². The topological polar surface area (TPSA) is 45.7 Å². The van der Waals surface area contributed by atoms with Gasteiger partial charge in [-0.15, -0.1) is 0 Å². The summed E-state index contributed by atoms with van der Waals surface area (Å²) < 4.78 is 29.4. The van der Waals surface area contributed by atoms with Crippen LogP contribution >= 0.6 is 28.1 Å². The summed E-state index contributed by atoms with van der Waals surface area (Å²) in [5, 5.41) is 6.77. The second-order valence-corrected chi connectivity index (χ2v) is 4.33. The third-order valence-corrected chi connectivity index (χ3v) is 2.57. The molecule has 98 valence electrons. The second kappa shape index (κ2) is 7.22. The number of rotatable bonds is 4. The highest BCUT2D eigenvalue weighted by Crippen LogP contribution is 2.23. The van der Waals surface area contributed by atoms with Crippen LogP contribution in [0.25, 0.3) is 0 Å². The summed E-state index contributed by atoms with van der Waals surface area (Å²) in [6, 6.07) is 4.63. The zero-order valence-corrected chi connectivity index (χ0v) is 11.7. The maximum absolute atomic E-state index is 12.2. The van der Waals surface area contributed by atoms with E-state index in [1.54, 1.807) is 19.2 Å². The zero-order chi connectivity index (χ0) is 13.5. The van der Waals surface area contributed by atoms with Crippen LogP contribution in [0, 0.1) is 0 Å². The Hall–Kier alpha value is -1.28. The molecule has 0 aliphatic carbocycles. The standard InChI is InChI=1S/C10H10BrF2N3OS/c1-14-10(18)16-15-5-6-4-7(11)2-3-8(6)17-9(12)13/h2-5,9H,1H3,(H2,14,16,18)/b15-5-. The molecule has 0 atom stereocenters. The summed E-state index contributed by atoms with van der Waals surface area (Å²) >= 11 is 8.04. The Kier molecular flexibility index (Phi) is 5.93. The monoisotopic (exact) mass is 337 g/mol. The minimum atomic E-state index is -2.88. The molecule has 0 spiro atoms. The number of ether oxygens (including phenoxy) is 1. The first-order valence-corrected chi connectivity index (χ1v) is 5.98. The average Bonchev–Trinajstić information content (AvgIpc) is 2.31. The van der Waals surface area contributed by atoms with E-state index in [0.29, 0.717) is 10.7 Å². The predicted octanol–water partition coefficient (Wildman–Crippen LogP) is 2.48. The summed E-state index contributed by atoms with van der Waals surface area (Å²) in [5.41, 5.74) is 2.91. The lowest BCUT2D eigenvalue weighted by molar-refractivity contribution is -0.0499. The van der Waals surface area contributed by atoms with Gasteiger partial charge in [0, 0.05) is 17.1 Å². The van der Waals surface area contributed by atoms with Crippen molar-refractivity contribution in [2.24, 2.45) is 5.10 Å². The van der Waals surface area contributed by atoms with Gasteiger partial charge in [0.05, 0.1) is 6.21 Å². The van der Waals surface area contributed by atoms with Gasteiger partial charge in [-0.25, -0.2) is 0 Å². The van der Waals surface area contributed by atoms with Crippen molar-refractivity contribution >= 4 is 39.5 Å². The van der Waals surface area contributed by atoms with Crippen molar-refractivity contribution < 1.29 is 13.5 Å². The third kappa shape index (κ3) is 4.92. The number of thiocarbonyl (C=S) groups is 1. The van der Waals surface area contributed by atoms with Crippen molar-refractivity contribution in [3.63, 3.8) is 0 Å². The van der Waals surface area contributed by atoms with Gasteiger partial charge in [0.25, 0.3) is 0 Å². The Labute approximate surface area is 117 Å². The van der Waals surface area contributed by atoms with Gasteiger partial charge in [-0.2, -0.15) is 13.9 Å². The molecule has 0 aromatic heterocycles. The summed E-state index contributed by atoms with van der Waals surface area (Å²) in [6.07, 6.45) is 1.34. The van der Waals surface area contributed by atoms with E-state index in [1.165, 1.54) is 12.3 Å². The first kappa shape index (κ1) is 14.8. The van der Waals surface area contributed by atoms with Crippen molar-refractivity contribution in [3.8, 4) is 5.75 Å². The van der Waals surface area contributed by atoms with E-state index < -0.39 is 6.61 Å². The van der Waals surface area contributed by atoms with Gasteiger partial charge in [-0.3, -0.25) is 5.43 Å². The molecule has 0 bridgehead atoms. The quantitative estimate of drug-likeness (QED) is 0.503. The van der Waals surface area contributed by atoms with E-state index in [4.69, 9.17) is 12.2 Å².